The molecule has 1 unspecified atom stereocenters. The van der Waals surface area contributed by atoms with Crippen LogP contribution in [0.1, 0.15) is 12.0 Å². The predicted octanol–water partition coefficient (Wildman–Crippen LogP) is 1.17. The third-order valence-electron chi connectivity index (χ3n) is 4.99. The Labute approximate surface area is 177 Å². The maximum Gasteiger partial charge on any atom is 0.337 e. The van der Waals surface area contributed by atoms with Gasteiger partial charge in [-0.3, -0.25) is 5.32 Å². The van der Waals surface area contributed by atoms with E-state index in [9.17, 15) is 9.59 Å². The molecule has 1 fully saturated rings. The Hall–Kier alpha value is -3.24. The lowest BCUT2D eigenvalue weighted by molar-refractivity contribution is -0.162. The fourth-order valence-corrected chi connectivity index (χ4v) is 3.54. The largest absolute Gasteiger partial charge is 0.471 e. The minimum atomic E-state index is -1.61. The molecule has 1 N–H and O–H groups in total. The van der Waals surface area contributed by atoms with Crippen LogP contribution < -0.4 is 10.1 Å². The molecule has 0 radical (unpaired) electrons. The zero-order valence-corrected chi connectivity index (χ0v) is 17.1. The van der Waals surface area contributed by atoms with E-state index in [1.54, 1.807) is 6.08 Å². The van der Waals surface area contributed by atoms with Gasteiger partial charge in [-0.2, -0.15) is 4.52 Å². The second-order valence-electron chi connectivity index (χ2n) is 6.63. The highest BCUT2D eigenvalue weighted by molar-refractivity contribution is 6.05. The molecule has 30 heavy (non-hydrogen) atoms. The van der Waals surface area contributed by atoms with Crippen LogP contribution in [0, 0.1) is 0 Å². The van der Waals surface area contributed by atoms with Crippen LogP contribution in [0.2, 0.25) is 0 Å². The zero-order valence-electron chi connectivity index (χ0n) is 16.3. The summed E-state index contributed by atoms with van der Waals surface area (Å²) in [4.78, 5) is 24.6. The smallest absolute Gasteiger partial charge is 0.337 e. The van der Waals surface area contributed by atoms with Gasteiger partial charge in [-0.15, -0.1) is 27.7 Å². The van der Waals surface area contributed by atoms with Crippen molar-refractivity contribution in [3.05, 3.63) is 36.7 Å². The Balaban J connectivity index is 0.00000256. The number of rotatable bonds is 5. The molecule has 1 atom stereocenters. The third kappa shape index (κ3) is 3.33. The van der Waals surface area contributed by atoms with Gasteiger partial charge in [-0.1, -0.05) is 18.7 Å². The molecule has 1 saturated heterocycles. The molecule has 0 bridgehead atoms. The molecule has 0 amide bonds. The van der Waals surface area contributed by atoms with Crippen LogP contribution in [-0.2, 0) is 19.1 Å². The van der Waals surface area contributed by atoms with Gasteiger partial charge >= 0.3 is 11.9 Å². The summed E-state index contributed by atoms with van der Waals surface area (Å²) < 4.78 is 17.2. The van der Waals surface area contributed by atoms with E-state index in [-0.39, 0.29) is 25.4 Å². The van der Waals surface area contributed by atoms with Gasteiger partial charge in [-0.05, 0) is 17.7 Å². The zero-order chi connectivity index (χ0) is 20.6. The first-order valence-electron chi connectivity index (χ1n) is 8.87. The normalized spacial score (nSPS) is 17.3. The van der Waals surface area contributed by atoms with Crippen molar-refractivity contribution in [3.8, 4) is 5.88 Å². The molecule has 1 aliphatic heterocycles. The highest BCUT2D eigenvalue weighted by atomic mass is 35.5. The number of fused-ring (bicyclic) bond motifs is 3. The first-order chi connectivity index (χ1) is 14.0. The highest BCUT2D eigenvalue weighted by Crippen LogP contribution is 2.31. The predicted molar refractivity (Wildman–Crippen MR) is 109 cm³/mol. The molecule has 10 nitrogen and oxygen atoms in total. The Morgan fingerprint density at radius 1 is 1.27 bits per heavy atom. The van der Waals surface area contributed by atoms with Crippen molar-refractivity contribution in [2.45, 2.75) is 18.1 Å². The Bertz CT molecular complexity index is 1120. The van der Waals surface area contributed by atoms with Crippen molar-refractivity contribution >= 4 is 46.8 Å². The van der Waals surface area contributed by atoms with Crippen LogP contribution in [0.3, 0.4) is 0 Å². The molecule has 0 spiro atoms. The number of halogens is 1. The van der Waals surface area contributed by atoms with Gasteiger partial charge in [0.15, 0.2) is 5.65 Å². The van der Waals surface area contributed by atoms with Crippen LogP contribution in [-0.4, -0.2) is 64.2 Å². The average Bonchev–Trinajstić information content (AvgIpc) is 3.40. The van der Waals surface area contributed by atoms with Gasteiger partial charge in [0.1, 0.15) is 12.4 Å². The van der Waals surface area contributed by atoms with E-state index >= 15 is 0 Å². The molecule has 1 aliphatic rings. The molecule has 0 aliphatic carbocycles. The van der Waals surface area contributed by atoms with Crippen molar-refractivity contribution in [1.29, 1.82) is 0 Å². The molecule has 11 heteroatoms. The van der Waals surface area contributed by atoms with Crippen LogP contribution in [0.15, 0.2) is 31.1 Å². The van der Waals surface area contributed by atoms with Crippen LogP contribution >= 0.6 is 12.4 Å². The second-order valence-corrected chi connectivity index (χ2v) is 6.63. The molecule has 2 aromatic heterocycles. The first-order valence-corrected chi connectivity index (χ1v) is 8.87. The van der Waals surface area contributed by atoms with E-state index in [1.165, 1.54) is 25.1 Å². The molecular weight excluding hydrogens is 414 g/mol. The standard InChI is InChI=1S/C19H19N5O5.ClH/c1-4-11-5-6-13-14(7-11)16(23-24-10-21-22-15(13)24)29-12-8-19(20-9-12,17(25)27-2)18(26)28-3;/h4-7,10,12,20H,1,8-9H2,2-3H3;1H. The minimum Gasteiger partial charge on any atom is -0.471 e. The van der Waals surface area contributed by atoms with Crippen molar-refractivity contribution in [2.75, 3.05) is 20.8 Å². The fourth-order valence-electron chi connectivity index (χ4n) is 3.54. The summed E-state index contributed by atoms with van der Waals surface area (Å²) in [5.74, 6) is -1.12. The number of carbonyl (C=O) groups is 2. The van der Waals surface area contributed by atoms with Crippen molar-refractivity contribution in [3.63, 3.8) is 0 Å². The Morgan fingerprint density at radius 3 is 2.67 bits per heavy atom. The van der Waals surface area contributed by atoms with E-state index in [0.29, 0.717) is 11.5 Å². The topological polar surface area (TPSA) is 117 Å². The maximum absolute atomic E-state index is 12.3. The molecule has 3 heterocycles. The minimum absolute atomic E-state index is 0. The van der Waals surface area contributed by atoms with Gasteiger partial charge in [0.2, 0.25) is 11.4 Å². The highest BCUT2D eigenvalue weighted by Gasteiger charge is 2.54. The first kappa shape index (κ1) is 21.5. The molecule has 158 valence electrons. The molecule has 1 aromatic carbocycles. The van der Waals surface area contributed by atoms with Gasteiger partial charge in [0, 0.05) is 23.7 Å². The lowest BCUT2D eigenvalue weighted by atomic mass is 9.97. The number of benzene rings is 1. The molecule has 3 aromatic rings. The summed E-state index contributed by atoms with van der Waals surface area (Å²) in [6.45, 7) is 4.02. The number of esters is 2. The van der Waals surface area contributed by atoms with Gasteiger partial charge in [-0.25, -0.2) is 9.59 Å². The average molecular weight is 434 g/mol. The monoisotopic (exact) mass is 433 g/mol. The third-order valence-corrected chi connectivity index (χ3v) is 4.99. The van der Waals surface area contributed by atoms with E-state index in [4.69, 9.17) is 14.2 Å². The Kier molecular flexibility index (Phi) is 5.90. The number of methoxy groups -OCH3 is 2. The summed E-state index contributed by atoms with van der Waals surface area (Å²) >= 11 is 0. The molecule has 0 saturated carbocycles. The van der Waals surface area contributed by atoms with E-state index < -0.39 is 23.6 Å². The SMILES string of the molecule is C=Cc1ccc2c(c1)c(OC1CNC(C(=O)OC)(C(=O)OC)C1)nn1cnnc21.Cl. The van der Waals surface area contributed by atoms with Crippen LogP contribution in [0.25, 0.3) is 22.5 Å². The van der Waals surface area contributed by atoms with E-state index in [1.807, 2.05) is 18.2 Å². The second kappa shape index (κ2) is 8.25. The lowest BCUT2D eigenvalue weighted by Gasteiger charge is -2.23. The molecular formula is C19H20ClN5O5. The van der Waals surface area contributed by atoms with Crippen molar-refractivity contribution in [1.82, 2.24) is 25.1 Å². The fraction of sp³-hybridized carbons (Fsp3) is 0.316. The van der Waals surface area contributed by atoms with E-state index in [2.05, 4.69) is 27.2 Å². The summed E-state index contributed by atoms with van der Waals surface area (Å²) in [6, 6.07) is 5.69. The molecule has 4 rings (SSSR count). The van der Waals surface area contributed by atoms with Crippen molar-refractivity contribution in [2.24, 2.45) is 0 Å². The number of carbonyl (C=O) groups excluding carboxylic acids is 2. The van der Waals surface area contributed by atoms with Crippen LogP contribution in [0.4, 0.5) is 0 Å². The maximum atomic E-state index is 12.3. The van der Waals surface area contributed by atoms with Crippen LogP contribution in [0.5, 0.6) is 5.88 Å². The number of ether oxygens (including phenoxy) is 3. The summed E-state index contributed by atoms with van der Waals surface area (Å²) in [5.41, 5.74) is -0.140. The number of nitrogens with zero attached hydrogens (tertiary/aromatic N) is 4. The Morgan fingerprint density at radius 2 is 2.00 bits per heavy atom. The summed E-state index contributed by atoms with van der Waals surface area (Å²) in [5, 5.41) is 16.9. The van der Waals surface area contributed by atoms with Crippen molar-refractivity contribution < 1.29 is 23.8 Å². The number of aromatic nitrogens is 4. The number of hydrogen-bond acceptors (Lipinski definition) is 9. The number of nitrogens with one attached hydrogen (secondary N) is 1. The van der Waals surface area contributed by atoms with E-state index in [0.717, 1.165) is 16.3 Å². The van der Waals surface area contributed by atoms with Gasteiger partial charge in [0.05, 0.1) is 14.2 Å². The quantitative estimate of drug-likeness (QED) is 0.467. The lowest BCUT2D eigenvalue weighted by Crippen LogP contribution is -2.55. The van der Waals surface area contributed by atoms with Gasteiger partial charge < -0.3 is 14.2 Å². The summed E-state index contributed by atoms with van der Waals surface area (Å²) in [6.07, 6.45) is 2.71. The number of hydrogen-bond donors (Lipinski definition) is 1. The van der Waals surface area contributed by atoms with Gasteiger partial charge in [0.25, 0.3) is 0 Å². The summed E-state index contributed by atoms with van der Waals surface area (Å²) in [7, 11) is 2.43.